The summed E-state index contributed by atoms with van der Waals surface area (Å²) in [4.78, 5) is 4.83. The molecule has 0 amide bonds. The SMILES string of the molecule is COCC(=N)c1ccc(OC)cc1C(=N)NC1CCN(Cc2ccc(OCC3CCN(C)C3)cc2)CC1. The fourth-order valence-corrected chi connectivity index (χ4v) is 5.19. The van der Waals surface area contributed by atoms with E-state index in [4.69, 9.17) is 25.0 Å². The van der Waals surface area contributed by atoms with Crippen LogP contribution in [0.25, 0.3) is 0 Å². The number of ether oxygens (including phenoxy) is 3. The summed E-state index contributed by atoms with van der Waals surface area (Å²) in [5, 5.41) is 20.4. The first-order chi connectivity index (χ1) is 17.9. The van der Waals surface area contributed by atoms with Crippen molar-refractivity contribution in [3.05, 3.63) is 59.2 Å². The Morgan fingerprint density at radius 2 is 1.68 bits per heavy atom. The Morgan fingerprint density at radius 3 is 2.32 bits per heavy atom. The molecule has 200 valence electrons. The van der Waals surface area contributed by atoms with Gasteiger partial charge in [0.1, 0.15) is 17.3 Å². The molecule has 0 radical (unpaired) electrons. The second-order valence-corrected chi connectivity index (χ2v) is 10.3. The molecule has 0 saturated carbocycles. The largest absolute Gasteiger partial charge is 0.497 e. The van der Waals surface area contributed by atoms with E-state index in [0.29, 0.717) is 34.3 Å². The Balaban J connectivity index is 1.25. The van der Waals surface area contributed by atoms with Crippen LogP contribution >= 0.6 is 0 Å². The molecule has 2 aromatic carbocycles. The summed E-state index contributed by atoms with van der Waals surface area (Å²) in [6.45, 7) is 6.17. The molecule has 0 bridgehead atoms. The van der Waals surface area contributed by atoms with Crippen LogP contribution < -0.4 is 14.8 Å². The van der Waals surface area contributed by atoms with Crippen molar-refractivity contribution in [2.24, 2.45) is 5.92 Å². The van der Waals surface area contributed by atoms with Crippen LogP contribution in [-0.2, 0) is 11.3 Å². The van der Waals surface area contributed by atoms with E-state index in [1.54, 1.807) is 14.2 Å². The van der Waals surface area contributed by atoms with Gasteiger partial charge in [0.05, 0.1) is 26.0 Å². The molecule has 2 aliphatic rings. The van der Waals surface area contributed by atoms with E-state index in [-0.39, 0.29) is 12.6 Å². The molecule has 2 fully saturated rings. The maximum Gasteiger partial charge on any atom is 0.126 e. The lowest BCUT2D eigenvalue weighted by atomic mass is 9.99. The smallest absolute Gasteiger partial charge is 0.126 e. The van der Waals surface area contributed by atoms with Gasteiger partial charge in [0, 0.05) is 56.4 Å². The molecule has 0 aromatic heterocycles. The molecule has 2 aliphatic heterocycles. The summed E-state index contributed by atoms with van der Waals surface area (Å²) in [5.74, 6) is 2.59. The number of benzene rings is 2. The van der Waals surface area contributed by atoms with Crippen molar-refractivity contribution in [1.82, 2.24) is 15.1 Å². The number of hydrogen-bond acceptors (Lipinski definition) is 7. The van der Waals surface area contributed by atoms with Gasteiger partial charge in [0.25, 0.3) is 0 Å². The number of hydrogen-bond donors (Lipinski definition) is 3. The lowest BCUT2D eigenvalue weighted by Gasteiger charge is -2.33. The van der Waals surface area contributed by atoms with Gasteiger partial charge in [-0.05, 0) is 68.8 Å². The third-order valence-corrected chi connectivity index (χ3v) is 7.35. The number of piperidine rings is 1. The van der Waals surface area contributed by atoms with Crippen LogP contribution in [-0.4, -0.2) is 88.0 Å². The summed E-state index contributed by atoms with van der Waals surface area (Å²) in [6, 6.07) is 14.2. The van der Waals surface area contributed by atoms with Crippen molar-refractivity contribution < 1.29 is 14.2 Å². The number of rotatable bonds is 11. The van der Waals surface area contributed by atoms with E-state index in [0.717, 1.165) is 51.4 Å². The minimum atomic E-state index is 0.205. The Labute approximate surface area is 220 Å². The lowest BCUT2D eigenvalue weighted by Crippen LogP contribution is -2.44. The van der Waals surface area contributed by atoms with E-state index in [2.05, 4.69) is 46.4 Å². The number of nitrogens with zero attached hydrogens (tertiary/aromatic N) is 2. The molecule has 8 nitrogen and oxygen atoms in total. The topological polar surface area (TPSA) is 93.9 Å². The second kappa shape index (κ2) is 13.0. The minimum Gasteiger partial charge on any atom is -0.497 e. The highest BCUT2D eigenvalue weighted by atomic mass is 16.5. The molecule has 8 heteroatoms. The normalized spacial score (nSPS) is 19.1. The van der Waals surface area contributed by atoms with Crippen molar-refractivity contribution in [1.29, 1.82) is 10.8 Å². The van der Waals surface area contributed by atoms with Crippen LogP contribution in [0.15, 0.2) is 42.5 Å². The maximum atomic E-state index is 8.72. The molecule has 2 aromatic rings. The minimum absolute atomic E-state index is 0.205. The molecule has 0 spiro atoms. The Bertz CT molecular complexity index is 1050. The maximum absolute atomic E-state index is 8.72. The highest BCUT2D eigenvalue weighted by Crippen LogP contribution is 2.22. The number of methoxy groups -OCH3 is 2. The molecular weight excluding hydrogens is 466 g/mol. The molecule has 1 unspecified atom stereocenters. The molecule has 1 atom stereocenters. The summed E-state index contributed by atoms with van der Waals surface area (Å²) in [7, 11) is 5.36. The third kappa shape index (κ3) is 7.53. The summed E-state index contributed by atoms with van der Waals surface area (Å²) in [6.07, 6.45) is 3.15. The fraction of sp³-hybridized carbons (Fsp3) is 0.517. The van der Waals surface area contributed by atoms with Crippen LogP contribution in [0, 0.1) is 16.7 Å². The van der Waals surface area contributed by atoms with E-state index in [1.165, 1.54) is 18.5 Å². The van der Waals surface area contributed by atoms with Crippen molar-refractivity contribution in [3.8, 4) is 11.5 Å². The van der Waals surface area contributed by atoms with Crippen molar-refractivity contribution in [2.45, 2.75) is 31.8 Å². The first-order valence-corrected chi connectivity index (χ1v) is 13.2. The van der Waals surface area contributed by atoms with E-state index in [9.17, 15) is 0 Å². The predicted octanol–water partition coefficient (Wildman–Crippen LogP) is 3.62. The number of likely N-dealkylation sites (tertiary alicyclic amines) is 2. The summed E-state index contributed by atoms with van der Waals surface area (Å²) < 4.78 is 16.5. The van der Waals surface area contributed by atoms with Crippen molar-refractivity contribution in [3.63, 3.8) is 0 Å². The molecule has 0 aliphatic carbocycles. The monoisotopic (exact) mass is 507 g/mol. The van der Waals surface area contributed by atoms with Gasteiger partial charge in [-0.15, -0.1) is 0 Å². The van der Waals surface area contributed by atoms with Gasteiger partial charge >= 0.3 is 0 Å². The Morgan fingerprint density at radius 1 is 0.946 bits per heavy atom. The lowest BCUT2D eigenvalue weighted by molar-refractivity contribution is 0.199. The molecule has 4 rings (SSSR count). The Kier molecular flexibility index (Phi) is 9.55. The average molecular weight is 508 g/mol. The number of amidine groups is 1. The van der Waals surface area contributed by atoms with Crippen molar-refractivity contribution in [2.75, 3.05) is 60.7 Å². The molecular formula is C29H41N5O3. The van der Waals surface area contributed by atoms with Crippen LogP contribution in [0.2, 0.25) is 0 Å². The first kappa shape index (κ1) is 27.1. The quantitative estimate of drug-likeness (QED) is 0.318. The van der Waals surface area contributed by atoms with E-state index < -0.39 is 0 Å². The third-order valence-electron chi connectivity index (χ3n) is 7.35. The molecule has 2 saturated heterocycles. The van der Waals surface area contributed by atoms with Gasteiger partial charge < -0.3 is 29.8 Å². The van der Waals surface area contributed by atoms with Crippen molar-refractivity contribution >= 4 is 11.5 Å². The average Bonchev–Trinajstić information content (AvgIpc) is 3.34. The second-order valence-electron chi connectivity index (χ2n) is 10.3. The van der Waals surface area contributed by atoms with E-state index >= 15 is 0 Å². The van der Waals surface area contributed by atoms with Crippen LogP contribution in [0.3, 0.4) is 0 Å². The zero-order valence-electron chi connectivity index (χ0n) is 22.4. The van der Waals surface area contributed by atoms with E-state index in [1.807, 2.05) is 18.2 Å². The zero-order valence-corrected chi connectivity index (χ0v) is 22.4. The van der Waals surface area contributed by atoms with Gasteiger partial charge in [-0.25, -0.2) is 0 Å². The predicted molar refractivity (Wildman–Crippen MR) is 148 cm³/mol. The first-order valence-electron chi connectivity index (χ1n) is 13.2. The Hall–Kier alpha value is -2.94. The summed E-state index contributed by atoms with van der Waals surface area (Å²) in [5.41, 5.74) is 3.01. The van der Waals surface area contributed by atoms with Gasteiger partial charge in [-0.1, -0.05) is 12.1 Å². The zero-order chi connectivity index (χ0) is 26.2. The van der Waals surface area contributed by atoms with Gasteiger partial charge in [0.15, 0.2) is 0 Å². The fourth-order valence-electron chi connectivity index (χ4n) is 5.19. The standard InChI is InChI=1S/C29H41N5O3/c1-33-13-10-22(17-33)19-37-24-6-4-21(5-7-24)18-34-14-11-23(12-15-34)32-29(31)27-16-25(36-3)8-9-26(27)28(30)20-35-2/h4-9,16,22-23,30H,10-15,17-20H2,1-3H3,(H2,31,32). The van der Waals surface area contributed by atoms with Crippen LogP contribution in [0.1, 0.15) is 36.0 Å². The molecule has 37 heavy (non-hydrogen) atoms. The van der Waals surface area contributed by atoms with Gasteiger partial charge in [0.2, 0.25) is 0 Å². The van der Waals surface area contributed by atoms with Crippen LogP contribution in [0.5, 0.6) is 11.5 Å². The molecule has 2 heterocycles. The highest BCUT2D eigenvalue weighted by molar-refractivity contribution is 6.10. The highest BCUT2D eigenvalue weighted by Gasteiger charge is 2.22. The van der Waals surface area contributed by atoms with Crippen LogP contribution in [0.4, 0.5) is 0 Å². The molecule has 3 N–H and O–H groups in total. The number of nitrogens with one attached hydrogen (secondary N) is 3. The van der Waals surface area contributed by atoms with Gasteiger partial charge in [-0.3, -0.25) is 10.3 Å². The van der Waals surface area contributed by atoms with Gasteiger partial charge in [-0.2, -0.15) is 0 Å². The summed E-state index contributed by atoms with van der Waals surface area (Å²) >= 11 is 0.